The van der Waals surface area contributed by atoms with Crippen molar-refractivity contribution in [1.82, 2.24) is 0 Å². The molecule has 0 atom stereocenters. The Bertz CT molecular complexity index is 604. The molecule has 2 aromatic carbocycles. The van der Waals surface area contributed by atoms with E-state index >= 15 is 0 Å². The van der Waals surface area contributed by atoms with Crippen LogP contribution in [0.2, 0.25) is 10.0 Å². The molecule has 5 heteroatoms. The fourth-order valence-corrected chi connectivity index (χ4v) is 2.16. The number of rotatable bonds is 5. The van der Waals surface area contributed by atoms with Gasteiger partial charge in [0.25, 0.3) is 0 Å². The molecule has 0 saturated heterocycles. The minimum atomic E-state index is -0.408. The summed E-state index contributed by atoms with van der Waals surface area (Å²) in [5, 5.41) is 1.10. The summed E-state index contributed by atoms with van der Waals surface area (Å²) in [6.45, 7) is 0.643. The lowest BCUT2D eigenvalue weighted by atomic mass is 10.1. The molecule has 2 aromatic rings. The molecule has 0 radical (unpaired) electrons. The van der Waals surface area contributed by atoms with Gasteiger partial charge in [0, 0.05) is 15.6 Å². The summed E-state index contributed by atoms with van der Waals surface area (Å²) in [6.07, 6.45) is 0.636. The first-order chi connectivity index (χ1) is 9.60. The lowest BCUT2D eigenvalue weighted by molar-refractivity contribution is 0.290. The zero-order valence-electron chi connectivity index (χ0n) is 10.7. The van der Waals surface area contributed by atoms with Gasteiger partial charge in [0.1, 0.15) is 6.61 Å². The third kappa shape index (κ3) is 3.85. The van der Waals surface area contributed by atoms with Crippen LogP contribution in [0, 0.1) is 5.82 Å². The first kappa shape index (κ1) is 15.1. The second kappa shape index (κ2) is 6.93. The SMILES string of the molecule is NCCc1ccc(OCc2cc(Cl)ccc2Cl)c(F)c1. The van der Waals surface area contributed by atoms with Crippen molar-refractivity contribution >= 4 is 23.2 Å². The summed E-state index contributed by atoms with van der Waals surface area (Å²) in [5.41, 5.74) is 6.99. The van der Waals surface area contributed by atoms with Crippen molar-refractivity contribution in [3.8, 4) is 5.75 Å². The van der Waals surface area contributed by atoms with E-state index in [1.807, 2.05) is 0 Å². The maximum absolute atomic E-state index is 13.8. The van der Waals surface area contributed by atoms with Crippen LogP contribution in [0.25, 0.3) is 0 Å². The third-order valence-electron chi connectivity index (χ3n) is 2.82. The van der Waals surface area contributed by atoms with Crippen LogP contribution < -0.4 is 10.5 Å². The highest BCUT2D eigenvalue weighted by molar-refractivity contribution is 6.33. The molecule has 106 valence electrons. The molecule has 0 heterocycles. The van der Waals surface area contributed by atoms with Gasteiger partial charge in [0.2, 0.25) is 0 Å². The van der Waals surface area contributed by atoms with Crippen LogP contribution in [-0.4, -0.2) is 6.54 Å². The van der Waals surface area contributed by atoms with Crippen molar-refractivity contribution < 1.29 is 9.13 Å². The Morgan fingerprint density at radius 3 is 2.60 bits per heavy atom. The van der Waals surface area contributed by atoms with Crippen molar-refractivity contribution in [3.63, 3.8) is 0 Å². The summed E-state index contributed by atoms with van der Waals surface area (Å²) in [6, 6.07) is 9.90. The van der Waals surface area contributed by atoms with Crippen molar-refractivity contribution in [1.29, 1.82) is 0 Å². The van der Waals surface area contributed by atoms with Crippen molar-refractivity contribution in [2.45, 2.75) is 13.0 Å². The number of halogens is 3. The van der Waals surface area contributed by atoms with E-state index in [1.165, 1.54) is 6.07 Å². The van der Waals surface area contributed by atoms with E-state index in [0.29, 0.717) is 28.6 Å². The molecular formula is C15H14Cl2FNO. The number of hydrogen-bond acceptors (Lipinski definition) is 2. The molecule has 0 spiro atoms. The monoisotopic (exact) mass is 313 g/mol. The van der Waals surface area contributed by atoms with Crippen LogP contribution in [0.4, 0.5) is 4.39 Å². The van der Waals surface area contributed by atoms with Crippen molar-refractivity contribution in [3.05, 3.63) is 63.4 Å². The second-order valence-electron chi connectivity index (χ2n) is 4.33. The molecule has 0 aliphatic heterocycles. The molecule has 2 rings (SSSR count). The third-order valence-corrected chi connectivity index (χ3v) is 3.42. The fraction of sp³-hybridized carbons (Fsp3) is 0.200. The van der Waals surface area contributed by atoms with Gasteiger partial charge in [0.15, 0.2) is 11.6 Å². The van der Waals surface area contributed by atoms with E-state index in [2.05, 4.69) is 0 Å². The zero-order valence-corrected chi connectivity index (χ0v) is 12.2. The predicted molar refractivity (Wildman–Crippen MR) is 80.0 cm³/mol. The Labute approximate surface area is 127 Å². The first-order valence-electron chi connectivity index (χ1n) is 6.15. The summed E-state index contributed by atoms with van der Waals surface area (Å²) in [4.78, 5) is 0. The lowest BCUT2D eigenvalue weighted by Gasteiger charge is -2.10. The van der Waals surface area contributed by atoms with Gasteiger partial charge in [-0.05, 0) is 48.9 Å². The van der Waals surface area contributed by atoms with E-state index in [4.69, 9.17) is 33.7 Å². The van der Waals surface area contributed by atoms with E-state index < -0.39 is 5.82 Å². The Kier molecular flexibility index (Phi) is 5.24. The molecule has 0 aliphatic rings. The molecule has 0 aliphatic carbocycles. The molecule has 0 fully saturated rings. The van der Waals surface area contributed by atoms with Crippen LogP contribution in [0.3, 0.4) is 0 Å². The average Bonchev–Trinajstić information content (AvgIpc) is 2.42. The fourth-order valence-electron chi connectivity index (χ4n) is 1.79. The number of nitrogens with two attached hydrogens (primary N) is 1. The van der Waals surface area contributed by atoms with E-state index in [0.717, 1.165) is 5.56 Å². The molecule has 0 saturated carbocycles. The van der Waals surface area contributed by atoms with Gasteiger partial charge in [-0.1, -0.05) is 29.3 Å². The normalized spacial score (nSPS) is 10.6. The van der Waals surface area contributed by atoms with Crippen LogP contribution in [0.1, 0.15) is 11.1 Å². The minimum absolute atomic E-state index is 0.159. The molecule has 0 amide bonds. The molecule has 20 heavy (non-hydrogen) atoms. The van der Waals surface area contributed by atoms with Gasteiger partial charge in [-0.3, -0.25) is 0 Å². The lowest BCUT2D eigenvalue weighted by Crippen LogP contribution is -2.04. The highest BCUT2D eigenvalue weighted by Crippen LogP contribution is 2.24. The molecule has 2 N–H and O–H groups in total. The smallest absolute Gasteiger partial charge is 0.165 e. The number of benzene rings is 2. The zero-order chi connectivity index (χ0) is 14.5. The topological polar surface area (TPSA) is 35.2 Å². The second-order valence-corrected chi connectivity index (χ2v) is 5.17. The van der Waals surface area contributed by atoms with Gasteiger partial charge >= 0.3 is 0 Å². The van der Waals surface area contributed by atoms with Crippen LogP contribution >= 0.6 is 23.2 Å². The predicted octanol–water partition coefficient (Wildman–Crippen LogP) is 4.21. The summed E-state index contributed by atoms with van der Waals surface area (Å²) in [7, 11) is 0. The van der Waals surface area contributed by atoms with Crippen molar-refractivity contribution in [2.75, 3.05) is 6.54 Å². The highest BCUT2D eigenvalue weighted by Gasteiger charge is 2.07. The standard InChI is InChI=1S/C15H14Cl2FNO/c16-12-2-3-13(17)11(8-12)9-20-15-4-1-10(5-6-19)7-14(15)18/h1-4,7-8H,5-6,9,19H2. The Morgan fingerprint density at radius 2 is 1.90 bits per heavy atom. The first-order valence-corrected chi connectivity index (χ1v) is 6.91. The van der Waals surface area contributed by atoms with Gasteiger partial charge in [-0.15, -0.1) is 0 Å². The molecule has 0 bridgehead atoms. The Hall–Kier alpha value is -1.29. The molecule has 0 aromatic heterocycles. The largest absolute Gasteiger partial charge is 0.486 e. The van der Waals surface area contributed by atoms with Crippen LogP contribution in [0.15, 0.2) is 36.4 Å². The Morgan fingerprint density at radius 1 is 1.10 bits per heavy atom. The average molecular weight is 314 g/mol. The molecule has 0 unspecified atom stereocenters. The number of hydrogen-bond donors (Lipinski definition) is 1. The Balaban J connectivity index is 2.09. The quantitative estimate of drug-likeness (QED) is 0.897. The summed E-state index contributed by atoms with van der Waals surface area (Å²) < 4.78 is 19.3. The maximum Gasteiger partial charge on any atom is 0.165 e. The van der Waals surface area contributed by atoms with Gasteiger partial charge in [-0.2, -0.15) is 0 Å². The summed E-state index contributed by atoms with van der Waals surface area (Å²) >= 11 is 11.9. The summed E-state index contributed by atoms with van der Waals surface area (Å²) in [5.74, 6) is -0.226. The highest BCUT2D eigenvalue weighted by atomic mass is 35.5. The van der Waals surface area contributed by atoms with Gasteiger partial charge in [0.05, 0.1) is 0 Å². The van der Waals surface area contributed by atoms with Crippen LogP contribution in [0.5, 0.6) is 5.75 Å². The van der Waals surface area contributed by atoms with E-state index in [9.17, 15) is 4.39 Å². The number of ether oxygens (including phenoxy) is 1. The van der Waals surface area contributed by atoms with E-state index in [-0.39, 0.29) is 12.4 Å². The van der Waals surface area contributed by atoms with Crippen LogP contribution in [-0.2, 0) is 13.0 Å². The molecule has 2 nitrogen and oxygen atoms in total. The van der Waals surface area contributed by atoms with Crippen molar-refractivity contribution in [2.24, 2.45) is 5.73 Å². The maximum atomic E-state index is 13.8. The van der Waals surface area contributed by atoms with Gasteiger partial charge in [-0.25, -0.2) is 4.39 Å². The van der Waals surface area contributed by atoms with E-state index in [1.54, 1.807) is 30.3 Å². The minimum Gasteiger partial charge on any atom is -0.486 e. The van der Waals surface area contributed by atoms with Gasteiger partial charge < -0.3 is 10.5 Å². The molecular weight excluding hydrogens is 300 g/mol.